The summed E-state index contributed by atoms with van der Waals surface area (Å²) in [7, 11) is 0. The van der Waals surface area contributed by atoms with Crippen LogP contribution in [0.4, 0.5) is 20.2 Å². The first-order chi connectivity index (χ1) is 19.4. The zero-order valence-electron chi connectivity index (χ0n) is 20.8. The Bertz CT molecular complexity index is 1720. The third-order valence-electron chi connectivity index (χ3n) is 8.32. The van der Waals surface area contributed by atoms with E-state index in [4.69, 9.17) is 0 Å². The average Bonchev–Trinajstić information content (AvgIpc) is 3.37. The van der Waals surface area contributed by atoms with Gasteiger partial charge in [0.2, 0.25) is 23.6 Å². The molecule has 2 heterocycles. The van der Waals surface area contributed by atoms with Gasteiger partial charge in [-0.1, -0.05) is 54.6 Å². The number of halogens is 2. The van der Waals surface area contributed by atoms with Crippen molar-refractivity contribution in [3.05, 3.63) is 131 Å². The summed E-state index contributed by atoms with van der Waals surface area (Å²) < 4.78 is 27.5. The highest BCUT2D eigenvalue weighted by Gasteiger charge is 2.72. The monoisotopic (exact) mass is 534 g/mol. The smallest absolute Gasteiger partial charge is 0.249 e. The highest BCUT2D eigenvalue weighted by Crippen LogP contribution is 2.60. The first-order valence-electron chi connectivity index (χ1n) is 12.8. The first kappa shape index (κ1) is 24.1. The summed E-state index contributed by atoms with van der Waals surface area (Å²) in [6.07, 6.45) is 0. The van der Waals surface area contributed by atoms with Gasteiger partial charge in [0.1, 0.15) is 17.0 Å². The number of fused-ring (bicyclic) bond motifs is 6. The molecule has 4 amide bonds. The van der Waals surface area contributed by atoms with Gasteiger partial charge < -0.3 is 0 Å². The van der Waals surface area contributed by atoms with Crippen molar-refractivity contribution in [2.24, 2.45) is 11.8 Å². The van der Waals surface area contributed by atoms with Crippen LogP contribution < -0.4 is 9.80 Å². The normalized spacial score (nSPS) is 25.2. The third-order valence-corrected chi connectivity index (χ3v) is 8.32. The number of nitrogens with zero attached hydrogens (tertiary/aromatic N) is 2. The Balaban J connectivity index is 1.51. The minimum absolute atomic E-state index is 0.169. The number of imide groups is 2. The van der Waals surface area contributed by atoms with Crippen LogP contribution in [0.3, 0.4) is 0 Å². The molecule has 4 atom stereocenters. The van der Waals surface area contributed by atoms with E-state index in [9.17, 15) is 28.0 Å². The van der Waals surface area contributed by atoms with Crippen LogP contribution >= 0.6 is 0 Å². The predicted molar refractivity (Wildman–Crippen MR) is 141 cm³/mol. The number of anilines is 2. The zero-order valence-corrected chi connectivity index (χ0v) is 20.8. The van der Waals surface area contributed by atoms with Crippen molar-refractivity contribution >= 4 is 35.0 Å². The molecule has 0 saturated carbocycles. The standard InChI is InChI=1S/C32H20F2N2O4/c33-19-10-14-21(15-11-19)35-28(37)25-23-8-4-5-9-24(23)32(18-6-2-1-3-7-18)27(26(25)29(35)38)30(39)36(31(32)40)22-16-12-20(34)13-17-22/h1-17,25-27H/t25-,26-,27-,32-/m1/s1. The van der Waals surface area contributed by atoms with E-state index in [1.54, 1.807) is 54.6 Å². The summed E-state index contributed by atoms with van der Waals surface area (Å²) in [4.78, 5) is 59.2. The zero-order chi connectivity index (χ0) is 27.8. The molecule has 2 fully saturated rings. The van der Waals surface area contributed by atoms with Crippen LogP contribution in [0.2, 0.25) is 0 Å². The van der Waals surface area contributed by atoms with Gasteiger partial charge in [-0.15, -0.1) is 0 Å². The predicted octanol–water partition coefficient (Wildman–Crippen LogP) is 4.73. The average molecular weight is 535 g/mol. The fourth-order valence-electron chi connectivity index (χ4n) is 6.76. The lowest BCUT2D eigenvalue weighted by Gasteiger charge is -2.42. The second kappa shape index (κ2) is 8.51. The van der Waals surface area contributed by atoms with Gasteiger partial charge in [-0.3, -0.25) is 19.2 Å². The Morgan fingerprint density at radius 2 is 1.12 bits per heavy atom. The van der Waals surface area contributed by atoms with Gasteiger partial charge in [0.05, 0.1) is 29.1 Å². The number of carbonyl (C=O) groups is 4. The second-order valence-corrected chi connectivity index (χ2v) is 10.2. The largest absolute Gasteiger partial charge is 0.274 e. The molecule has 0 radical (unpaired) electrons. The number of rotatable bonds is 3. The molecule has 8 heteroatoms. The van der Waals surface area contributed by atoms with Gasteiger partial charge in [-0.2, -0.15) is 0 Å². The lowest BCUT2D eigenvalue weighted by atomic mass is 9.55. The summed E-state index contributed by atoms with van der Waals surface area (Å²) in [6, 6.07) is 25.7. The minimum Gasteiger partial charge on any atom is -0.274 e. The fraction of sp³-hybridized carbons (Fsp3) is 0.125. The molecule has 4 aromatic carbocycles. The molecule has 3 aliphatic rings. The van der Waals surface area contributed by atoms with Crippen LogP contribution in [0.1, 0.15) is 22.6 Å². The van der Waals surface area contributed by atoms with Gasteiger partial charge in [0.25, 0.3) is 0 Å². The van der Waals surface area contributed by atoms with Crippen molar-refractivity contribution in [2.45, 2.75) is 11.3 Å². The molecule has 2 saturated heterocycles. The Morgan fingerprint density at radius 1 is 0.575 bits per heavy atom. The van der Waals surface area contributed by atoms with Crippen molar-refractivity contribution < 1.29 is 28.0 Å². The van der Waals surface area contributed by atoms with Gasteiger partial charge in [-0.25, -0.2) is 18.6 Å². The van der Waals surface area contributed by atoms with E-state index in [1.807, 2.05) is 0 Å². The third kappa shape index (κ3) is 3.01. The van der Waals surface area contributed by atoms with Crippen LogP contribution in [0.5, 0.6) is 0 Å². The lowest BCUT2D eigenvalue weighted by molar-refractivity contribution is -0.131. The topological polar surface area (TPSA) is 74.8 Å². The van der Waals surface area contributed by atoms with E-state index in [-0.39, 0.29) is 11.4 Å². The van der Waals surface area contributed by atoms with E-state index >= 15 is 0 Å². The Hall–Kier alpha value is -4.98. The first-order valence-corrected chi connectivity index (χ1v) is 12.8. The molecule has 0 aromatic heterocycles. The SMILES string of the molecule is O=C1[C@@H]2[C@H](C(=O)N1c1ccc(F)cc1)c1ccccc1[C@@]1(c3ccccc3)C(=O)N(c3ccc(F)cc3)C(=O)[C@@H]21. The maximum absolute atomic E-state index is 14.6. The molecule has 0 N–H and O–H groups in total. The van der Waals surface area contributed by atoms with Gasteiger partial charge in [0.15, 0.2) is 0 Å². The Kier molecular flexibility index (Phi) is 5.12. The number of benzene rings is 4. The molecule has 1 aliphatic carbocycles. The van der Waals surface area contributed by atoms with Crippen molar-refractivity contribution in [3.63, 3.8) is 0 Å². The molecule has 40 heavy (non-hydrogen) atoms. The van der Waals surface area contributed by atoms with Crippen molar-refractivity contribution in [3.8, 4) is 0 Å². The highest BCUT2D eigenvalue weighted by molar-refractivity contribution is 6.32. The van der Waals surface area contributed by atoms with Crippen LogP contribution in [-0.4, -0.2) is 23.6 Å². The number of hydrogen-bond donors (Lipinski definition) is 0. The molecule has 2 aliphatic heterocycles. The van der Waals surface area contributed by atoms with Crippen LogP contribution in [0, 0.1) is 23.5 Å². The van der Waals surface area contributed by atoms with Crippen LogP contribution in [0.15, 0.2) is 103 Å². The number of hydrogen-bond acceptors (Lipinski definition) is 4. The maximum atomic E-state index is 14.6. The fourth-order valence-corrected chi connectivity index (χ4v) is 6.76. The molecule has 7 rings (SSSR count). The maximum Gasteiger partial charge on any atom is 0.249 e. The van der Waals surface area contributed by atoms with Crippen molar-refractivity contribution in [1.82, 2.24) is 0 Å². The molecular weight excluding hydrogens is 514 g/mol. The van der Waals surface area contributed by atoms with E-state index in [0.717, 1.165) is 34.1 Å². The quantitative estimate of drug-likeness (QED) is 0.357. The van der Waals surface area contributed by atoms with Gasteiger partial charge >= 0.3 is 0 Å². The summed E-state index contributed by atoms with van der Waals surface area (Å²) >= 11 is 0. The molecule has 0 bridgehead atoms. The molecule has 6 nitrogen and oxygen atoms in total. The Morgan fingerprint density at radius 3 is 1.75 bits per heavy atom. The van der Waals surface area contributed by atoms with Crippen molar-refractivity contribution in [1.29, 1.82) is 0 Å². The summed E-state index contributed by atoms with van der Waals surface area (Å²) in [5.41, 5.74) is 0.201. The van der Waals surface area contributed by atoms with E-state index < -0.39 is 58.4 Å². The van der Waals surface area contributed by atoms with E-state index in [1.165, 1.54) is 24.3 Å². The number of carbonyl (C=O) groups excluding carboxylic acids is 4. The van der Waals surface area contributed by atoms with E-state index in [2.05, 4.69) is 0 Å². The Labute approximate surface area is 227 Å². The van der Waals surface area contributed by atoms with Crippen molar-refractivity contribution in [2.75, 3.05) is 9.80 Å². The highest BCUT2D eigenvalue weighted by atomic mass is 19.1. The molecule has 0 spiro atoms. The number of amides is 4. The van der Waals surface area contributed by atoms with E-state index in [0.29, 0.717) is 16.7 Å². The van der Waals surface area contributed by atoms with Gasteiger partial charge in [0, 0.05) is 0 Å². The van der Waals surface area contributed by atoms with Crippen LogP contribution in [0.25, 0.3) is 0 Å². The summed E-state index contributed by atoms with van der Waals surface area (Å²) in [6.45, 7) is 0. The summed E-state index contributed by atoms with van der Waals surface area (Å²) in [5, 5.41) is 0. The minimum atomic E-state index is -1.61. The molecule has 0 unspecified atom stereocenters. The molecular formula is C32H20F2N2O4. The lowest BCUT2D eigenvalue weighted by Crippen LogP contribution is -2.50. The van der Waals surface area contributed by atoms with Gasteiger partial charge in [-0.05, 0) is 65.2 Å². The second-order valence-electron chi connectivity index (χ2n) is 10.2. The molecule has 4 aromatic rings. The van der Waals surface area contributed by atoms with Crippen LogP contribution in [-0.2, 0) is 24.6 Å². The molecule has 196 valence electrons. The summed E-state index contributed by atoms with van der Waals surface area (Å²) in [5.74, 6) is -6.95.